The highest BCUT2D eigenvalue weighted by molar-refractivity contribution is 5.97. The first kappa shape index (κ1) is 10.9. The van der Waals surface area contributed by atoms with Crippen molar-refractivity contribution in [2.24, 2.45) is 0 Å². The summed E-state index contributed by atoms with van der Waals surface area (Å²) in [6.07, 6.45) is 2.60. The average molecular weight is 220 g/mol. The van der Waals surface area contributed by atoms with Gasteiger partial charge in [0.1, 0.15) is 0 Å². The van der Waals surface area contributed by atoms with Gasteiger partial charge in [0.25, 0.3) is 5.91 Å². The predicted molar refractivity (Wildman–Crippen MR) is 61.4 cm³/mol. The lowest BCUT2D eigenvalue weighted by atomic mass is 10.3. The zero-order valence-corrected chi connectivity index (χ0v) is 9.90. The van der Waals surface area contributed by atoms with Crippen molar-refractivity contribution in [2.45, 2.75) is 19.9 Å². The Morgan fingerprint density at radius 1 is 1.50 bits per heavy atom. The second kappa shape index (κ2) is 4.08. The zero-order valence-electron chi connectivity index (χ0n) is 9.90. The van der Waals surface area contributed by atoms with Crippen molar-refractivity contribution in [3.63, 3.8) is 0 Å². The van der Waals surface area contributed by atoms with Crippen LogP contribution in [-0.4, -0.2) is 41.4 Å². The molecular formula is C11H16N4O. The van der Waals surface area contributed by atoms with Crippen molar-refractivity contribution in [3.8, 4) is 0 Å². The number of carbonyl (C=O) groups is 1. The molecule has 1 aromatic rings. The van der Waals surface area contributed by atoms with Crippen LogP contribution >= 0.6 is 0 Å². The molecule has 1 aliphatic rings. The van der Waals surface area contributed by atoms with E-state index in [1.807, 2.05) is 23.9 Å². The average Bonchev–Trinajstić information content (AvgIpc) is 2.56. The van der Waals surface area contributed by atoms with Crippen LogP contribution in [0.15, 0.2) is 6.20 Å². The Hall–Kier alpha value is -1.65. The lowest BCUT2D eigenvalue weighted by molar-refractivity contribution is 0.0778. The van der Waals surface area contributed by atoms with Crippen LogP contribution in [0.1, 0.15) is 29.4 Å². The van der Waals surface area contributed by atoms with E-state index in [1.54, 1.807) is 6.20 Å². The molecular weight excluding hydrogens is 204 g/mol. The van der Waals surface area contributed by atoms with Gasteiger partial charge in [-0.3, -0.25) is 4.79 Å². The highest BCUT2D eigenvalue weighted by Gasteiger charge is 2.28. The number of anilines is 1. The SMILES string of the molecule is CCCN1Cc2nc(N(C)C)ncc2C1=O. The Balaban J connectivity index is 2.29. The van der Waals surface area contributed by atoms with Gasteiger partial charge in [-0.25, -0.2) is 9.97 Å². The lowest BCUT2D eigenvalue weighted by Crippen LogP contribution is -2.24. The Kier molecular flexibility index (Phi) is 2.77. The van der Waals surface area contributed by atoms with Gasteiger partial charge in [0.2, 0.25) is 5.95 Å². The second-order valence-electron chi connectivity index (χ2n) is 4.15. The first-order valence-electron chi connectivity index (χ1n) is 5.46. The molecule has 0 fully saturated rings. The topological polar surface area (TPSA) is 49.3 Å². The van der Waals surface area contributed by atoms with Crippen molar-refractivity contribution >= 4 is 11.9 Å². The Morgan fingerprint density at radius 2 is 2.25 bits per heavy atom. The van der Waals surface area contributed by atoms with Crippen molar-refractivity contribution in [3.05, 3.63) is 17.5 Å². The summed E-state index contributed by atoms with van der Waals surface area (Å²) in [6, 6.07) is 0. The van der Waals surface area contributed by atoms with Crippen LogP contribution < -0.4 is 4.90 Å². The Labute approximate surface area is 95.1 Å². The number of rotatable bonds is 3. The monoisotopic (exact) mass is 220 g/mol. The van der Waals surface area contributed by atoms with Gasteiger partial charge in [-0.2, -0.15) is 0 Å². The smallest absolute Gasteiger partial charge is 0.257 e. The molecule has 0 spiro atoms. The van der Waals surface area contributed by atoms with Gasteiger partial charge in [-0.1, -0.05) is 6.92 Å². The highest BCUT2D eigenvalue weighted by Crippen LogP contribution is 2.21. The molecule has 0 aliphatic carbocycles. The fourth-order valence-electron chi connectivity index (χ4n) is 1.79. The van der Waals surface area contributed by atoms with Crippen molar-refractivity contribution < 1.29 is 4.79 Å². The van der Waals surface area contributed by atoms with E-state index in [9.17, 15) is 4.79 Å². The summed E-state index contributed by atoms with van der Waals surface area (Å²) in [6.45, 7) is 3.46. The third-order valence-corrected chi connectivity index (χ3v) is 2.61. The fourth-order valence-corrected chi connectivity index (χ4v) is 1.79. The van der Waals surface area contributed by atoms with E-state index in [4.69, 9.17) is 0 Å². The minimum absolute atomic E-state index is 0.0576. The van der Waals surface area contributed by atoms with E-state index in [0.29, 0.717) is 18.1 Å². The van der Waals surface area contributed by atoms with Crippen LogP contribution in [-0.2, 0) is 6.54 Å². The molecule has 1 amide bonds. The number of carbonyl (C=O) groups excluding carboxylic acids is 1. The predicted octanol–water partition coefficient (Wildman–Crippen LogP) is 0.908. The van der Waals surface area contributed by atoms with E-state index >= 15 is 0 Å². The highest BCUT2D eigenvalue weighted by atomic mass is 16.2. The van der Waals surface area contributed by atoms with E-state index in [1.165, 1.54) is 0 Å². The first-order valence-corrected chi connectivity index (χ1v) is 5.46. The Bertz CT molecular complexity index is 416. The molecule has 0 saturated carbocycles. The van der Waals surface area contributed by atoms with Crippen molar-refractivity contribution in [1.29, 1.82) is 0 Å². The minimum Gasteiger partial charge on any atom is -0.347 e. The summed E-state index contributed by atoms with van der Waals surface area (Å²) in [4.78, 5) is 24.1. The molecule has 16 heavy (non-hydrogen) atoms. The quantitative estimate of drug-likeness (QED) is 0.759. The van der Waals surface area contributed by atoms with Gasteiger partial charge < -0.3 is 9.80 Å². The third-order valence-electron chi connectivity index (χ3n) is 2.61. The molecule has 0 saturated heterocycles. The number of aromatic nitrogens is 2. The Morgan fingerprint density at radius 3 is 2.88 bits per heavy atom. The minimum atomic E-state index is 0.0576. The summed E-state index contributed by atoms with van der Waals surface area (Å²) >= 11 is 0. The van der Waals surface area contributed by atoms with Gasteiger partial charge in [-0.05, 0) is 6.42 Å². The van der Waals surface area contributed by atoms with Gasteiger partial charge in [0.05, 0.1) is 17.8 Å². The fraction of sp³-hybridized carbons (Fsp3) is 0.545. The molecule has 2 heterocycles. The first-order chi connectivity index (χ1) is 7.63. The maximum atomic E-state index is 11.9. The number of hydrogen-bond acceptors (Lipinski definition) is 4. The second-order valence-corrected chi connectivity index (χ2v) is 4.15. The third kappa shape index (κ3) is 1.73. The zero-order chi connectivity index (χ0) is 11.7. The molecule has 0 atom stereocenters. The van der Waals surface area contributed by atoms with Crippen molar-refractivity contribution in [2.75, 3.05) is 25.5 Å². The summed E-state index contributed by atoms with van der Waals surface area (Å²) in [5.74, 6) is 0.715. The van der Waals surface area contributed by atoms with Gasteiger partial charge in [-0.15, -0.1) is 0 Å². The van der Waals surface area contributed by atoms with Gasteiger partial charge in [0.15, 0.2) is 0 Å². The normalized spacial score (nSPS) is 14.2. The van der Waals surface area contributed by atoms with Crippen LogP contribution in [0.4, 0.5) is 5.95 Å². The van der Waals surface area contributed by atoms with Crippen LogP contribution in [0.5, 0.6) is 0 Å². The molecule has 0 N–H and O–H groups in total. The maximum absolute atomic E-state index is 11.9. The van der Waals surface area contributed by atoms with Gasteiger partial charge in [0, 0.05) is 26.8 Å². The van der Waals surface area contributed by atoms with E-state index in [0.717, 1.165) is 18.7 Å². The maximum Gasteiger partial charge on any atom is 0.257 e. The van der Waals surface area contributed by atoms with Crippen LogP contribution in [0.25, 0.3) is 0 Å². The standard InChI is InChI=1S/C11H16N4O/c1-4-5-15-7-9-8(10(15)16)6-12-11(13-9)14(2)3/h6H,4-5,7H2,1-3H3. The van der Waals surface area contributed by atoms with E-state index in [-0.39, 0.29) is 5.91 Å². The van der Waals surface area contributed by atoms with E-state index in [2.05, 4.69) is 16.9 Å². The molecule has 0 bridgehead atoms. The molecule has 1 aliphatic heterocycles. The molecule has 5 nitrogen and oxygen atoms in total. The van der Waals surface area contributed by atoms with Crippen LogP contribution in [0.3, 0.4) is 0 Å². The lowest BCUT2D eigenvalue weighted by Gasteiger charge is -2.12. The number of hydrogen-bond donors (Lipinski definition) is 0. The molecule has 1 aromatic heterocycles. The molecule has 0 aromatic carbocycles. The largest absolute Gasteiger partial charge is 0.347 e. The van der Waals surface area contributed by atoms with E-state index < -0.39 is 0 Å². The molecule has 0 radical (unpaired) electrons. The summed E-state index contributed by atoms with van der Waals surface area (Å²) in [7, 11) is 3.78. The summed E-state index contributed by atoms with van der Waals surface area (Å²) in [5, 5.41) is 0. The number of nitrogens with zero attached hydrogens (tertiary/aromatic N) is 4. The number of amides is 1. The van der Waals surface area contributed by atoms with Crippen LogP contribution in [0.2, 0.25) is 0 Å². The summed E-state index contributed by atoms with van der Waals surface area (Å²) < 4.78 is 0. The molecule has 5 heteroatoms. The number of fused-ring (bicyclic) bond motifs is 1. The molecule has 86 valence electrons. The molecule has 2 rings (SSSR count). The van der Waals surface area contributed by atoms with Gasteiger partial charge >= 0.3 is 0 Å². The summed E-state index contributed by atoms with van der Waals surface area (Å²) in [5.41, 5.74) is 1.50. The van der Waals surface area contributed by atoms with Crippen LogP contribution in [0, 0.1) is 0 Å². The molecule has 0 unspecified atom stereocenters. The van der Waals surface area contributed by atoms with Crippen molar-refractivity contribution in [1.82, 2.24) is 14.9 Å².